The van der Waals surface area contributed by atoms with Crippen molar-refractivity contribution in [1.29, 1.82) is 0 Å². The molecule has 0 saturated carbocycles. The Morgan fingerprint density at radius 3 is 2.80 bits per heavy atom. The Morgan fingerprint density at radius 2 is 2.27 bits per heavy atom. The second kappa shape index (κ2) is 5.88. The van der Waals surface area contributed by atoms with Gasteiger partial charge in [-0.25, -0.2) is 9.97 Å². The maximum atomic E-state index is 5.82. The molecule has 1 atom stereocenters. The molecule has 0 amide bonds. The molecule has 0 aliphatic carbocycles. The number of hydrogen-bond acceptors (Lipinski definition) is 4. The lowest BCUT2D eigenvalue weighted by atomic mass is 10.3. The van der Waals surface area contributed by atoms with Crippen molar-refractivity contribution in [2.45, 2.75) is 19.9 Å². The fourth-order valence-electron chi connectivity index (χ4n) is 1.51. The summed E-state index contributed by atoms with van der Waals surface area (Å²) in [5, 5.41) is 0.461. The van der Waals surface area contributed by atoms with Gasteiger partial charge >= 0.3 is 0 Å². The van der Waals surface area contributed by atoms with Gasteiger partial charge in [0.1, 0.15) is 17.3 Å². The van der Waals surface area contributed by atoms with Crippen molar-refractivity contribution in [2.75, 3.05) is 25.2 Å². The first kappa shape index (κ1) is 12.2. The van der Waals surface area contributed by atoms with Gasteiger partial charge in [-0.1, -0.05) is 11.6 Å². The van der Waals surface area contributed by atoms with Crippen LogP contribution in [0.1, 0.15) is 13.8 Å². The van der Waals surface area contributed by atoms with E-state index in [0.717, 1.165) is 12.4 Å². The quantitative estimate of drug-likeness (QED) is 0.724. The summed E-state index contributed by atoms with van der Waals surface area (Å²) >= 11 is 5.82. The zero-order chi connectivity index (χ0) is 11.3. The van der Waals surface area contributed by atoms with E-state index in [4.69, 9.17) is 16.3 Å². The minimum Gasteiger partial charge on any atom is -0.383 e. The first-order valence-corrected chi connectivity index (χ1v) is 5.30. The number of aromatic nitrogens is 2. The van der Waals surface area contributed by atoms with Crippen LogP contribution < -0.4 is 4.90 Å². The molecule has 0 saturated heterocycles. The highest BCUT2D eigenvalue weighted by molar-refractivity contribution is 6.29. The molecule has 84 valence electrons. The van der Waals surface area contributed by atoms with E-state index >= 15 is 0 Å². The van der Waals surface area contributed by atoms with Gasteiger partial charge in [0, 0.05) is 19.7 Å². The molecule has 1 heterocycles. The molecule has 0 fully saturated rings. The van der Waals surface area contributed by atoms with E-state index in [1.165, 1.54) is 6.33 Å². The molecular weight excluding hydrogens is 214 g/mol. The number of rotatable bonds is 5. The third kappa shape index (κ3) is 3.32. The average molecular weight is 230 g/mol. The van der Waals surface area contributed by atoms with Gasteiger partial charge in [-0.05, 0) is 13.8 Å². The Hall–Kier alpha value is -0.870. The van der Waals surface area contributed by atoms with Gasteiger partial charge in [0.25, 0.3) is 0 Å². The smallest absolute Gasteiger partial charge is 0.134 e. The fourth-order valence-corrected chi connectivity index (χ4v) is 1.65. The zero-order valence-corrected chi connectivity index (χ0v) is 10.0. The van der Waals surface area contributed by atoms with Gasteiger partial charge in [-0.3, -0.25) is 0 Å². The van der Waals surface area contributed by atoms with Crippen molar-refractivity contribution in [3.63, 3.8) is 0 Å². The van der Waals surface area contributed by atoms with E-state index in [-0.39, 0.29) is 6.04 Å². The minimum absolute atomic E-state index is 0.269. The Labute approximate surface area is 95.2 Å². The first-order chi connectivity index (χ1) is 7.19. The maximum absolute atomic E-state index is 5.82. The van der Waals surface area contributed by atoms with Crippen molar-refractivity contribution >= 4 is 17.4 Å². The van der Waals surface area contributed by atoms with E-state index in [1.807, 2.05) is 0 Å². The van der Waals surface area contributed by atoms with Crippen LogP contribution in [-0.4, -0.2) is 36.3 Å². The fraction of sp³-hybridized carbons (Fsp3) is 0.600. The van der Waals surface area contributed by atoms with Crippen molar-refractivity contribution in [3.05, 3.63) is 17.5 Å². The molecule has 5 heteroatoms. The van der Waals surface area contributed by atoms with E-state index in [0.29, 0.717) is 11.8 Å². The number of halogens is 1. The Bertz CT molecular complexity index is 308. The summed E-state index contributed by atoms with van der Waals surface area (Å²) < 4.78 is 5.12. The predicted octanol–water partition coefficient (Wildman–Crippen LogP) is 1.99. The van der Waals surface area contributed by atoms with Gasteiger partial charge in [0.15, 0.2) is 0 Å². The van der Waals surface area contributed by atoms with Crippen LogP contribution in [0.25, 0.3) is 0 Å². The van der Waals surface area contributed by atoms with E-state index in [9.17, 15) is 0 Å². The summed E-state index contributed by atoms with van der Waals surface area (Å²) in [4.78, 5) is 10.2. The van der Waals surface area contributed by atoms with Crippen LogP contribution in [0.5, 0.6) is 0 Å². The largest absolute Gasteiger partial charge is 0.383 e. The second-order valence-electron chi connectivity index (χ2n) is 3.29. The number of nitrogens with zero attached hydrogens (tertiary/aromatic N) is 3. The van der Waals surface area contributed by atoms with E-state index in [2.05, 4.69) is 28.7 Å². The number of anilines is 1. The van der Waals surface area contributed by atoms with Crippen molar-refractivity contribution in [2.24, 2.45) is 0 Å². The van der Waals surface area contributed by atoms with Crippen molar-refractivity contribution in [1.82, 2.24) is 9.97 Å². The molecule has 1 unspecified atom stereocenters. The van der Waals surface area contributed by atoms with Gasteiger partial charge in [0.2, 0.25) is 0 Å². The third-order valence-electron chi connectivity index (χ3n) is 2.19. The molecule has 1 aromatic rings. The van der Waals surface area contributed by atoms with Crippen LogP contribution in [0, 0.1) is 0 Å². The molecule has 0 N–H and O–H groups in total. The monoisotopic (exact) mass is 229 g/mol. The predicted molar refractivity (Wildman–Crippen MR) is 61.4 cm³/mol. The van der Waals surface area contributed by atoms with Gasteiger partial charge in [0.05, 0.1) is 12.6 Å². The lowest BCUT2D eigenvalue weighted by Gasteiger charge is -2.28. The Balaban J connectivity index is 2.82. The van der Waals surface area contributed by atoms with Gasteiger partial charge in [-0.2, -0.15) is 0 Å². The highest BCUT2D eigenvalue weighted by atomic mass is 35.5. The number of methoxy groups -OCH3 is 1. The summed E-state index contributed by atoms with van der Waals surface area (Å²) in [6.45, 7) is 5.68. The van der Waals surface area contributed by atoms with E-state index in [1.54, 1.807) is 13.2 Å². The number of likely N-dealkylation sites (N-methyl/N-ethyl adjacent to an activating group) is 1. The van der Waals surface area contributed by atoms with Crippen LogP contribution >= 0.6 is 11.6 Å². The van der Waals surface area contributed by atoms with Crippen molar-refractivity contribution < 1.29 is 4.74 Å². The van der Waals surface area contributed by atoms with Crippen LogP contribution in [0.3, 0.4) is 0 Å². The highest BCUT2D eigenvalue weighted by Gasteiger charge is 2.13. The standard InChI is InChI=1S/C10H16ClN3O/c1-4-14(8(2)6-15-3)10-5-9(11)12-7-13-10/h5,7-8H,4,6H2,1-3H3. The van der Waals surface area contributed by atoms with Crippen molar-refractivity contribution in [3.8, 4) is 0 Å². The molecule has 0 aromatic carbocycles. The van der Waals surface area contributed by atoms with Crippen LogP contribution in [0.15, 0.2) is 12.4 Å². The SMILES string of the molecule is CCN(c1cc(Cl)ncn1)C(C)COC. The molecule has 1 rings (SSSR count). The third-order valence-corrected chi connectivity index (χ3v) is 2.40. The minimum atomic E-state index is 0.269. The lowest BCUT2D eigenvalue weighted by molar-refractivity contribution is 0.181. The van der Waals surface area contributed by atoms with Gasteiger partial charge in [-0.15, -0.1) is 0 Å². The molecular formula is C10H16ClN3O. The molecule has 15 heavy (non-hydrogen) atoms. The second-order valence-corrected chi connectivity index (χ2v) is 3.68. The molecule has 0 spiro atoms. The topological polar surface area (TPSA) is 38.2 Å². The summed E-state index contributed by atoms with van der Waals surface area (Å²) in [6.07, 6.45) is 1.47. The summed E-state index contributed by atoms with van der Waals surface area (Å²) in [7, 11) is 1.69. The molecule has 0 radical (unpaired) electrons. The Kier molecular flexibility index (Phi) is 4.78. The van der Waals surface area contributed by atoms with Crippen LogP contribution in [0.4, 0.5) is 5.82 Å². The maximum Gasteiger partial charge on any atom is 0.134 e. The number of hydrogen-bond donors (Lipinski definition) is 0. The molecule has 1 aromatic heterocycles. The lowest BCUT2D eigenvalue weighted by Crippen LogP contribution is -2.36. The van der Waals surface area contributed by atoms with Crippen LogP contribution in [0.2, 0.25) is 5.15 Å². The summed E-state index contributed by atoms with van der Waals surface area (Å²) in [6, 6.07) is 2.03. The van der Waals surface area contributed by atoms with Crippen LogP contribution in [-0.2, 0) is 4.74 Å². The van der Waals surface area contributed by atoms with Gasteiger partial charge < -0.3 is 9.64 Å². The Morgan fingerprint density at radius 1 is 1.53 bits per heavy atom. The summed E-state index contributed by atoms with van der Waals surface area (Å²) in [5.41, 5.74) is 0. The summed E-state index contributed by atoms with van der Waals surface area (Å²) in [5.74, 6) is 0.835. The highest BCUT2D eigenvalue weighted by Crippen LogP contribution is 2.16. The molecule has 0 bridgehead atoms. The number of ether oxygens (including phenoxy) is 1. The molecule has 0 aliphatic heterocycles. The molecule has 4 nitrogen and oxygen atoms in total. The zero-order valence-electron chi connectivity index (χ0n) is 9.27. The normalized spacial score (nSPS) is 12.5. The van der Waals surface area contributed by atoms with E-state index < -0.39 is 0 Å². The molecule has 0 aliphatic rings. The average Bonchev–Trinajstić information content (AvgIpc) is 2.19. The first-order valence-electron chi connectivity index (χ1n) is 4.92.